The standard InChI is InChI=1S/C27H36FN5O3/c1-35-18-19-16-30-26(31-17-19)33-10-5-21(6-11-33)27(29)15-22(27)7-12-36-23-4-3-20(24(28)14-23)13-25(34)32-8-2-9-32/h3-4,14,16-17,21-22H,2,5-13,15,18,29H2,1H3/t22-,27?/m1/s1. The van der Waals surface area contributed by atoms with Gasteiger partial charge in [-0.15, -0.1) is 0 Å². The van der Waals surface area contributed by atoms with Crippen molar-refractivity contribution in [2.45, 2.75) is 50.7 Å². The van der Waals surface area contributed by atoms with Crippen molar-refractivity contribution in [2.75, 3.05) is 44.8 Å². The summed E-state index contributed by atoms with van der Waals surface area (Å²) in [5.74, 6) is 1.78. The molecule has 1 amide bonds. The first-order valence-corrected chi connectivity index (χ1v) is 13.0. The summed E-state index contributed by atoms with van der Waals surface area (Å²) >= 11 is 0. The van der Waals surface area contributed by atoms with Gasteiger partial charge in [-0.25, -0.2) is 14.4 Å². The van der Waals surface area contributed by atoms with Gasteiger partial charge in [-0.2, -0.15) is 0 Å². The summed E-state index contributed by atoms with van der Waals surface area (Å²) in [6.07, 6.45) is 8.71. The summed E-state index contributed by atoms with van der Waals surface area (Å²) in [5.41, 5.74) is 8.05. The van der Waals surface area contributed by atoms with Gasteiger partial charge in [0.25, 0.3) is 0 Å². The van der Waals surface area contributed by atoms with Gasteiger partial charge in [-0.3, -0.25) is 4.79 Å². The minimum atomic E-state index is -0.384. The zero-order chi connectivity index (χ0) is 25.1. The van der Waals surface area contributed by atoms with Gasteiger partial charge in [0.05, 0.1) is 19.6 Å². The number of ether oxygens (including phenoxy) is 2. The molecule has 36 heavy (non-hydrogen) atoms. The summed E-state index contributed by atoms with van der Waals surface area (Å²) in [7, 11) is 1.66. The molecule has 5 rings (SSSR count). The number of hydrogen-bond acceptors (Lipinski definition) is 7. The van der Waals surface area contributed by atoms with Crippen molar-refractivity contribution in [2.24, 2.45) is 17.6 Å². The summed E-state index contributed by atoms with van der Waals surface area (Å²) in [5, 5.41) is 0. The van der Waals surface area contributed by atoms with Crippen LogP contribution in [-0.2, 0) is 22.6 Å². The minimum Gasteiger partial charge on any atom is -0.493 e. The Morgan fingerprint density at radius 3 is 2.58 bits per heavy atom. The molecule has 2 N–H and O–H groups in total. The second-order valence-corrected chi connectivity index (χ2v) is 10.4. The lowest BCUT2D eigenvalue weighted by Gasteiger charge is -2.35. The van der Waals surface area contributed by atoms with Gasteiger partial charge in [0.2, 0.25) is 11.9 Å². The summed E-state index contributed by atoms with van der Waals surface area (Å²) in [6.45, 7) is 4.40. The average molecular weight is 498 g/mol. The van der Waals surface area contributed by atoms with E-state index in [1.54, 1.807) is 24.1 Å². The first-order chi connectivity index (χ1) is 17.5. The highest BCUT2D eigenvalue weighted by Crippen LogP contribution is 2.52. The molecule has 1 unspecified atom stereocenters. The Kier molecular flexibility index (Phi) is 7.39. The fourth-order valence-corrected chi connectivity index (χ4v) is 5.53. The number of likely N-dealkylation sites (tertiary alicyclic amines) is 1. The zero-order valence-corrected chi connectivity index (χ0v) is 21.0. The number of halogens is 1. The first kappa shape index (κ1) is 24.9. The van der Waals surface area contributed by atoms with E-state index in [4.69, 9.17) is 15.2 Å². The predicted molar refractivity (Wildman–Crippen MR) is 134 cm³/mol. The molecule has 2 saturated heterocycles. The molecule has 1 aromatic carbocycles. The van der Waals surface area contributed by atoms with Gasteiger partial charge in [0, 0.05) is 62.9 Å². The number of hydrogen-bond donors (Lipinski definition) is 1. The Morgan fingerprint density at radius 2 is 1.94 bits per heavy atom. The molecule has 1 aromatic heterocycles. The number of carbonyl (C=O) groups excluding carboxylic acids is 1. The van der Waals surface area contributed by atoms with Gasteiger partial charge in [-0.05, 0) is 55.6 Å². The lowest BCUT2D eigenvalue weighted by atomic mass is 9.86. The third kappa shape index (κ3) is 5.47. The fraction of sp³-hybridized carbons (Fsp3) is 0.593. The molecule has 3 heterocycles. The number of benzene rings is 1. The molecule has 2 aliphatic heterocycles. The molecule has 0 radical (unpaired) electrons. The molecule has 0 bridgehead atoms. The monoisotopic (exact) mass is 497 g/mol. The van der Waals surface area contributed by atoms with Crippen molar-refractivity contribution in [1.29, 1.82) is 0 Å². The molecule has 3 aliphatic rings. The zero-order valence-electron chi connectivity index (χ0n) is 21.0. The van der Waals surface area contributed by atoms with Crippen LogP contribution in [0.15, 0.2) is 30.6 Å². The van der Waals surface area contributed by atoms with E-state index in [0.717, 1.165) is 69.8 Å². The highest BCUT2D eigenvalue weighted by molar-refractivity contribution is 5.79. The molecule has 1 aliphatic carbocycles. The van der Waals surface area contributed by atoms with E-state index < -0.39 is 0 Å². The van der Waals surface area contributed by atoms with Crippen molar-refractivity contribution in [3.8, 4) is 5.75 Å². The lowest BCUT2D eigenvalue weighted by Crippen LogP contribution is -2.44. The Hall–Kier alpha value is -2.78. The molecule has 194 valence electrons. The Balaban J connectivity index is 1.04. The van der Waals surface area contributed by atoms with Crippen molar-refractivity contribution in [1.82, 2.24) is 14.9 Å². The third-order valence-corrected chi connectivity index (χ3v) is 8.05. The quantitative estimate of drug-likeness (QED) is 0.539. The highest BCUT2D eigenvalue weighted by atomic mass is 19.1. The van der Waals surface area contributed by atoms with Crippen LogP contribution < -0.4 is 15.4 Å². The molecular weight excluding hydrogens is 461 g/mol. The number of nitrogens with two attached hydrogens (primary N) is 1. The van der Waals surface area contributed by atoms with E-state index in [9.17, 15) is 9.18 Å². The van der Waals surface area contributed by atoms with Crippen LogP contribution in [0.1, 0.15) is 43.2 Å². The van der Waals surface area contributed by atoms with Crippen LogP contribution in [-0.4, -0.2) is 66.2 Å². The van der Waals surface area contributed by atoms with Gasteiger partial charge >= 0.3 is 0 Å². The van der Waals surface area contributed by atoms with E-state index in [1.807, 2.05) is 12.4 Å². The van der Waals surface area contributed by atoms with Crippen LogP contribution in [0.3, 0.4) is 0 Å². The number of rotatable bonds is 10. The third-order valence-electron chi connectivity index (χ3n) is 8.05. The molecule has 2 aromatic rings. The molecular formula is C27H36FN5O3. The van der Waals surface area contributed by atoms with E-state index in [1.165, 1.54) is 6.07 Å². The molecule has 9 heteroatoms. The maximum Gasteiger partial charge on any atom is 0.227 e. The van der Waals surface area contributed by atoms with E-state index >= 15 is 0 Å². The number of carbonyl (C=O) groups is 1. The van der Waals surface area contributed by atoms with Gasteiger partial charge < -0.3 is 25.0 Å². The summed E-state index contributed by atoms with van der Waals surface area (Å²) < 4.78 is 25.4. The van der Waals surface area contributed by atoms with E-state index in [2.05, 4.69) is 14.9 Å². The van der Waals surface area contributed by atoms with Gasteiger partial charge in [-0.1, -0.05) is 6.07 Å². The topological polar surface area (TPSA) is 93.8 Å². The number of anilines is 1. The average Bonchev–Trinajstić information content (AvgIpc) is 3.51. The molecule has 8 nitrogen and oxygen atoms in total. The largest absolute Gasteiger partial charge is 0.493 e. The number of piperidine rings is 1. The van der Waals surface area contributed by atoms with E-state index in [0.29, 0.717) is 36.4 Å². The van der Waals surface area contributed by atoms with Crippen molar-refractivity contribution in [3.05, 3.63) is 47.5 Å². The maximum absolute atomic E-state index is 14.5. The van der Waals surface area contributed by atoms with E-state index in [-0.39, 0.29) is 23.7 Å². The van der Waals surface area contributed by atoms with Crippen LogP contribution >= 0.6 is 0 Å². The van der Waals surface area contributed by atoms with Crippen molar-refractivity contribution in [3.63, 3.8) is 0 Å². The Bertz CT molecular complexity index is 1060. The van der Waals surface area contributed by atoms with Crippen molar-refractivity contribution >= 4 is 11.9 Å². The number of nitrogens with zero attached hydrogens (tertiary/aromatic N) is 4. The number of aromatic nitrogens is 2. The van der Waals surface area contributed by atoms with Gasteiger partial charge in [0.1, 0.15) is 11.6 Å². The Morgan fingerprint density at radius 1 is 1.19 bits per heavy atom. The molecule has 0 spiro atoms. The normalized spacial score (nSPS) is 23.9. The molecule has 3 fully saturated rings. The number of methoxy groups -OCH3 is 1. The first-order valence-electron chi connectivity index (χ1n) is 13.0. The minimum absolute atomic E-state index is 0.0137. The SMILES string of the molecule is COCc1cnc(N2CCC(C3(N)C[C@H]3CCOc3ccc(CC(=O)N4CCC4)c(F)c3)CC2)nc1. The Labute approximate surface area is 212 Å². The molecule has 2 atom stereocenters. The van der Waals surface area contributed by atoms with Crippen LogP contribution in [0.25, 0.3) is 0 Å². The lowest BCUT2D eigenvalue weighted by molar-refractivity contribution is -0.133. The fourth-order valence-electron chi connectivity index (χ4n) is 5.53. The summed E-state index contributed by atoms with van der Waals surface area (Å²) in [4.78, 5) is 25.1. The second-order valence-electron chi connectivity index (χ2n) is 10.4. The smallest absolute Gasteiger partial charge is 0.227 e. The van der Waals surface area contributed by atoms with Crippen LogP contribution in [0, 0.1) is 17.7 Å². The number of amides is 1. The van der Waals surface area contributed by atoms with Crippen LogP contribution in [0.4, 0.5) is 10.3 Å². The summed E-state index contributed by atoms with van der Waals surface area (Å²) in [6, 6.07) is 4.81. The predicted octanol–water partition coefficient (Wildman–Crippen LogP) is 2.94. The van der Waals surface area contributed by atoms with Crippen LogP contribution in [0.2, 0.25) is 0 Å². The molecule has 1 saturated carbocycles. The van der Waals surface area contributed by atoms with Crippen LogP contribution in [0.5, 0.6) is 5.75 Å². The van der Waals surface area contributed by atoms with Gasteiger partial charge in [0.15, 0.2) is 0 Å². The second kappa shape index (κ2) is 10.7. The maximum atomic E-state index is 14.5. The highest BCUT2D eigenvalue weighted by Gasteiger charge is 2.55. The van der Waals surface area contributed by atoms with Crippen molar-refractivity contribution < 1.29 is 18.7 Å².